The van der Waals surface area contributed by atoms with Crippen molar-refractivity contribution in [2.75, 3.05) is 11.1 Å². The number of hydrogen-bond donors (Lipinski definition) is 1. The summed E-state index contributed by atoms with van der Waals surface area (Å²) in [5, 5.41) is 16.6. The molecule has 3 aromatic heterocycles. The zero-order valence-corrected chi connectivity index (χ0v) is 18.6. The van der Waals surface area contributed by atoms with Crippen LogP contribution in [0.5, 0.6) is 0 Å². The second kappa shape index (κ2) is 8.48. The topological polar surface area (TPSA) is 72.7 Å². The third-order valence-corrected chi connectivity index (χ3v) is 7.11. The Bertz CT molecular complexity index is 1150. The van der Waals surface area contributed by atoms with E-state index in [9.17, 15) is 4.79 Å². The highest BCUT2D eigenvalue weighted by atomic mass is 32.2. The first-order chi connectivity index (χ1) is 14.0. The van der Waals surface area contributed by atoms with Gasteiger partial charge in [0, 0.05) is 18.0 Å². The number of amides is 1. The van der Waals surface area contributed by atoms with Gasteiger partial charge in [-0.25, -0.2) is 4.98 Å². The van der Waals surface area contributed by atoms with Gasteiger partial charge in [0.25, 0.3) is 0 Å². The van der Waals surface area contributed by atoms with Gasteiger partial charge in [0.2, 0.25) is 5.91 Å². The van der Waals surface area contributed by atoms with Crippen LogP contribution < -0.4 is 5.32 Å². The molecule has 0 radical (unpaired) electrons. The number of aryl methyl sites for hydroxylation is 2. The monoisotopic (exact) mass is 441 g/mol. The molecular formula is C20H19N5OS3. The molecule has 4 rings (SSSR count). The maximum atomic E-state index is 12.4. The lowest BCUT2D eigenvalue weighted by Crippen LogP contribution is -2.14. The SMILES string of the molecule is Cc1ccc(-c2csc(NC(=O)CSc3nnc(-c4cccs4)n3C)n2)cc1C. The molecule has 0 aliphatic rings. The molecule has 0 spiro atoms. The number of rotatable bonds is 6. The second-order valence-electron chi connectivity index (χ2n) is 6.52. The van der Waals surface area contributed by atoms with E-state index in [0.717, 1.165) is 22.0 Å². The number of anilines is 1. The van der Waals surface area contributed by atoms with Crippen molar-refractivity contribution in [3.05, 3.63) is 52.2 Å². The first kappa shape index (κ1) is 19.8. The average molecular weight is 442 g/mol. The number of hydrogen-bond acceptors (Lipinski definition) is 7. The standard InChI is InChI=1S/C20H19N5OS3/c1-12-6-7-14(9-13(12)2)15-10-28-19(21-15)22-17(26)11-29-20-24-23-18(25(20)3)16-5-4-8-27-16/h4-10H,11H2,1-3H3,(H,21,22,26). The minimum Gasteiger partial charge on any atom is -0.304 e. The average Bonchev–Trinajstić information content (AvgIpc) is 3.44. The summed E-state index contributed by atoms with van der Waals surface area (Å²) in [6.07, 6.45) is 0. The van der Waals surface area contributed by atoms with Gasteiger partial charge in [-0.2, -0.15) is 0 Å². The predicted octanol–water partition coefficient (Wildman–Crippen LogP) is 5.01. The summed E-state index contributed by atoms with van der Waals surface area (Å²) < 4.78 is 1.91. The van der Waals surface area contributed by atoms with Crippen molar-refractivity contribution in [1.82, 2.24) is 19.7 Å². The number of thioether (sulfide) groups is 1. The highest BCUT2D eigenvalue weighted by Crippen LogP contribution is 2.28. The summed E-state index contributed by atoms with van der Waals surface area (Å²) in [5.41, 5.74) is 4.40. The van der Waals surface area contributed by atoms with E-state index in [4.69, 9.17) is 0 Å². The third-order valence-electron chi connectivity index (χ3n) is 4.46. The Morgan fingerprint density at radius 2 is 2.03 bits per heavy atom. The molecule has 0 atom stereocenters. The van der Waals surface area contributed by atoms with Crippen molar-refractivity contribution in [3.8, 4) is 22.0 Å². The van der Waals surface area contributed by atoms with Crippen LogP contribution in [-0.4, -0.2) is 31.4 Å². The predicted molar refractivity (Wildman–Crippen MR) is 121 cm³/mol. The van der Waals surface area contributed by atoms with Gasteiger partial charge >= 0.3 is 0 Å². The fourth-order valence-electron chi connectivity index (χ4n) is 2.71. The van der Waals surface area contributed by atoms with Gasteiger partial charge in [-0.15, -0.1) is 32.9 Å². The summed E-state index contributed by atoms with van der Waals surface area (Å²) in [6, 6.07) is 10.2. The molecule has 0 saturated carbocycles. The normalized spacial score (nSPS) is 11.0. The summed E-state index contributed by atoms with van der Waals surface area (Å²) in [4.78, 5) is 18.0. The molecule has 3 heterocycles. The fourth-order valence-corrected chi connectivity index (χ4v) is 4.90. The summed E-state index contributed by atoms with van der Waals surface area (Å²) >= 11 is 4.40. The maximum absolute atomic E-state index is 12.4. The number of thiazole rings is 1. The van der Waals surface area contributed by atoms with Crippen LogP contribution in [0, 0.1) is 13.8 Å². The summed E-state index contributed by atoms with van der Waals surface area (Å²) in [6.45, 7) is 4.17. The van der Waals surface area contributed by atoms with Gasteiger partial charge in [0.1, 0.15) is 0 Å². The third kappa shape index (κ3) is 4.42. The highest BCUT2D eigenvalue weighted by molar-refractivity contribution is 7.99. The summed E-state index contributed by atoms with van der Waals surface area (Å²) in [5.74, 6) is 0.937. The molecule has 1 N–H and O–H groups in total. The zero-order chi connectivity index (χ0) is 20.4. The Hall–Kier alpha value is -2.49. The first-order valence-corrected chi connectivity index (χ1v) is 11.6. The maximum Gasteiger partial charge on any atom is 0.236 e. The first-order valence-electron chi connectivity index (χ1n) is 8.90. The van der Waals surface area contributed by atoms with Crippen molar-refractivity contribution >= 4 is 45.5 Å². The molecule has 9 heteroatoms. The molecule has 1 amide bonds. The molecule has 1 aromatic carbocycles. The van der Waals surface area contributed by atoms with E-state index < -0.39 is 0 Å². The molecule has 0 fully saturated rings. The molecule has 29 heavy (non-hydrogen) atoms. The van der Waals surface area contributed by atoms with E-state index in [0.29, 0.717) is 10.3 Å². The van der Waals surface area contributed by atoms with Crippen molar-refractivity contribution in [1.29, 1.82) is 0 Å². The second-order valence-corrected chi connectivity index (χ2v) is 9.26. The Kier molecular flexibility index (Phi) is 5.79. The van der Waals surface area contributed by atoms with Crippen LogP contribution in [0.4, 0.5) is 5.13 Å². The van der Waals surface area contributed by atoms with Crippen molar-refractivity contribution in [2.45, 2.75) is 19.0 Å². The molecule has 0 aliphatic carbocycles. The largest absolute Gasteiger partial charge is 0.304 e. The van der Waals surface area contributed by atoms with Crippen LogP contribution in [0.2, 0.25) is 0 Å². The Morgan fingerprint density at radius 1 is 1.17 bits per heavy atom. The lowest BCUT2D eigenvalue weighted by Gasteiger charge is -2.03. The Morgan fingerprint density at radius 3 is 2.79 bits per heavy atom. The Labute approximate surface area is 181 Å². The van der Waals surface area contributed by atoms with Crippen LogP contribution in [0.1, 0.15) is 11.1 Å². The number of nitrogens with zero attached hydrogens (tertiary/aromatic N) is 4. The van der Waals surface area contributed by atoms with E-state index in [1.807, 2.05) is 34.5 Å². The van der Waals surface area contributed by atoms with Gasteiger partial charge in [-0.3, -0.25) is 4.79 Å². The number of carbonyl (C=O) groups is 1. The number of carbonyl (C=O) groups excluding carboxylic acids is 1. The van der Waals surface area contributed by atoms with Crippen LogP contribution in [0.3, 0.4) is 0 Å². The van der Waals surface area contributed by atoms with E-state index in [1.54, 1.807) is 11.3 Å². The molecule has 0 aliphatic heterocycles. The number of nitrogens with one attached hydrogen (secondary N) is 1. The molecule has 4 aromatic rings. The molecule has 6 nitrogen and oxygen atoms in total. The fraction of sp³-hybridized carbons (Fsp3) is 0.200. The molecule has 0 bridgehead atoms. The van der Waals surface area contributed by atoms with Crippen molar-refractivity contribution < 1.29 is 4.79 Å². The van der Waals surface area contributed by atoms with Crippen LogP contribution in [0.15, 0.2) is 46.2 Å². The molecule has 148 valence electrons. The highest BCUT2D eigenvalue weighted by Gasteiger charge is 2.14. The molecule has 0 unspecified atom stereocenters. The van der Waals surface area contributed by atoms with E-state index in [2.05, 4.69) is 52.5 Å². The Balaban J connectivity index is 1.37. The van der Waals surface area contributed by atoms with Gasteiger partial charge in [0.05, 0.1) is 16.3 Å². The minimum absolute atomic E-state index is 0.114. The number of thiophene rings is 1. The van der Waals surface area contributed by atoms with Crippen molar-refractivity contribution in [2.24, 2.45) is 7.05 Å². The van der Waals surface area contributed by atoms with Crippen LogP contribution in [0.25, 0.3) is 22.0 Å². The summed E-state index contributed by atoms with van der Waals surface area (Å²) in [7, 11) is 1.91. The lowest BCUT2D eigenvalue weighted by atomic mass is 10.1. The minimum atomic E-state index is -0.114. The van der Waals surface area contributed by atoms with Gasteiger partial charge < -0.3 is 9.88 Å². The van der Waals surface area contributed by atoms with E-state index in [1.165, 1.54) is 34.2 Å². The van der Waals surface area contributed by atoms with E-state index in [-0.39, 0.29) is 11.7 Å². The van der Waals surface area contributed by atoms with Gasteiger partial charge in [0.15, 0.2) is 16.1 Å². The van der Waals surface area contributed by atoms with Gasteiger partial charge in [-0.1, -0.05) is 30.0 Å². The molecular weight excluding hydrogens is 422 g/mol. The van der Waals surface area contributed by atoms with Crippen LogP contribution >= 0.6 is 34.4 Å². The number of aromatic nitrogens is 4. The molecule has 0 saturated heterocycles. The van der Waals surface area contributed by atoms with Crippen LogP contribution in [-0.2, 0) is 11.8 Å². The van der Waals surface area contributed by atoms with E-state index >= 15 is 0 Å². The van der Waals surface area contributed by atoms with Gasteiger partial charge in [-0.05, 0) is 42.5 Å². The smallest absolute Gasteiger partial charge is 0.236 e. The number of benzene rings is 1. The zero-order valence-electron chi connectivity index (χ0n) is 16.2. The quantitative estimate of drug-likeness (QED) is 0.426. The van der Waals surface area contributed by atoms with Crippen molar-refractivity contribution in [3.63, 3.8) is 0 Å². The lowest BCUT2D eigenvalue weighted by molar-refractivity contribution is -0.113.